The molecule has 1 heterocycles. The summed E-state index contributed by atoms with van der Waals surface area (Å²) in [5.41, 5.74) is 7.77. The lowest BCUT2D eigenvalue weighted by molar-refractivity contribution is 0.205. The first-order valence-electron chi connectivity index (χ1n) is 6.45. The predicted molar refractivity (Wildman–Crippen MR) is 74.2 cm³/mol. The lowest BCUT2D eigenvalue weighted by Gasteiger charge is -2.27. The number of rotatable bonds is 2. The largest absolute Gasteiger partial charge is 0.399 e. The van der Waals surface area contributed by atoms with E-state index in [1.165, 1.54) is 32.2 Å². The zero-order valence-corrected chi connectivity index (χ0v) is 11.2. The van der Waals surface area contributed by atoms with Crippen molar-refractivity contribution in [2.24, 2.45) is 0 Å². The van der Waals surface area contributed by atoms with E-state index in [2.05, 4.69) is 11.8 Å². The molecular formula is C14H21ClN2. The van der Waals surface area contributed by atoms with Crippen LogP contribution in [0.2, 0.25) is 5.02 Å². The molecule has 94 valence electrons. The lowest BCUT2D eigenvalue weighted by atomic mass is 10.1. The van der Waals surface area contributed by atoms with Crippen LogP contribution in [0.4, 0.5) is 5.69 Å². The standard InChI is InChI=1S/C14H21ClN2/c1-11-5-3-2-4-8-17(11)10-12-9-13(16)6-7-14(12)15/h6-7,9,11H,2-5,8,10,16H2,1H3. The molecule has 1 unspecified atom stereocenters. The van der Waals surface area contributed by atoms with E-state index in [1.807, 2.05) is 18.2 Å². The van der Waals surface area contributed by atoms with E-state index in [1.54, 1.807) is 0 Å². The van der Waals surface area contributed by atoms with E-state index in [-0.39, 0.29) is 0 Å². The Balaban J connectivity index is 2.10. The van der Waals surface area contributed by atoms with Crippen molar-refractivity contribution in [2.45, 2.75) is 45.2 Å². The normalized spacial score (nSPS) is 22.4. The number of nitrogens with two attached hydrogens (primary N) is 1. The summed E-state index contributed by atoms with van der Waals surface area (Å²) in [7, 11) is 0. The Morgan fingerprint density at radius 2 is 2.18 bits per heavy atom. The molecule has 0 aromatic heterocycles. The number of benzene rings is 1. The fraction of sp³-hybridized carbons (Fsp3) is 0.571. The number of likely N-dealkylation sites (tertiary alicyclic amines) is 1. The Labute approximate surface area is 109 Å². The summed E-state index contributed by atoms with van der Waals surface area (Å²) in [6, 6.07) is 6.40. The average Bonchev–Trinajstić information content (AvgIpc) is 2.50. The molecule has 0 amide bonds. The maximum absolute atomic E-state index is 6.22. The number of halogens is 1. The minimum atomic E-state index is 0.648. The Morgan fingerprint density at radius 1 is 1.35 bits per heavy atom. The van der Waals surface area contributed by atoms with Crippen LogP contribution in [0.15, 0.2) is 18.2 Å². The molecule has 1 aromatic rings. The van der Waals surface area contributed by atoms with Crippen LogP contribution in [0.3, 0.4) is 0 Å². The Morgan fingerprint density at radius 3 is 3.00 bits per heavy atom. The zero-order valence-electron chi connectivity index (χ0n) is 10.5. The Hall–Kier alpha value is -0.730. The second-order valence-electron chi connectivity index (χ2n) is 5.02. The molecule has 0 spiro atoms. The molecule has 1 aliphatic heterocycles. The molecule has 0 aliphatic carbocycles. The summed E-state index contributed by atoms with van der Waals surface area (Å²) in [6.07, 6.45) is 5.29. The van der Waals surface area contributed by atoms with E-state index in [0.717, 1.165) is 22.8 Å². The average molecular weight is 253 g/mol. The smallest absolute Gasteiger partial charge is 0.0452 e. The highest BCUT2D eigenvalue weighted by atomic mass is 35.5. The minimum Gasteiger partial charge on any atom is -0.399 e. The molecule has 0 bridgehead atoms. The summed E-state index contributed by atoms with van der Waals surface area (Å²) in [5, 5.41) is 0.829. The maximum atomic E-state index is 6.22. The zero-order chi connectivity index (χ0) is 12.3. The molecule has 1 aliphatic rings. The van der Waals surface area contributed by atoms with Crippen LogP contribution in [0.5, 0.6) is 0 Å². The third kappa shape index (κ3) is 3.36. The Kier molecular flexibility index (Phi) is 4.30. The van der Waals surface area contributed by atoms with Gasteiger partial charge in [-0.2, -0.15) is 0 Å². The molecule has 2 nitrogen and oxygen atoms in total. The molecule has 1 fully saturated rings. The van der Waals surface area contributed by atoms with Crippen LogP contribution >= 0.6 is 11.6 Å². The highest BCUT2D eigenvalue weighted by molar-refractivity contribution is 6.31. The third-order valence-electron chi connectivity index (χ3n) is 3.63. The van der Waals surface area contributed by atoms with Gasteiger partial charge < -0.3 is 5.73 Å². The van der Waals surface area contributed by atoms with E-state index in [9.17, 15) is 0 Å². The molecule has 1 saturated heterocycles. The molecule has 2 rings (SSSR count). The monoisotopic (exact) mass is 252 g/mol. The van der Waals surface area contributed by atoms with Gasteiger partial charge in [-0.25, -0.2) is 0 Å². The number of nitrogen functional groups attached to an aromatic ring is 1. The molecule has 2 N–H and O–H groups in total. The van der Waals surface area contributed by atoms with Gasteiger partial charge in [0.25, 0.3) is 0 Å². The number of hydrogen-bond donors (Lipinski definition) is 1. The van der Waals surface area contributed by atoms with Gasteiger partial charge in [0.1, 0.15) is 0 Å². The second kappa shape index (κ2) is 5.74. The summed E-state index contributed by atoms with van der Waals surface area (Å²) in [4.78, 5) is 2.52. The van der Waals surface area contributed by atoms with Gasteiger partial charge in [0.2, 0.25) is 0 Å². The molecule has 1 atom stereocenters. The minimum absolute atomic E-state index is 0.648. The second-order valence-corrected chi connectivity index (χ2v) is 5.43. The van der Waals surface area contributed by atoms with E-state index >= 15 is 0 Å². The van der Waals surface area contributed by atoms with Crippen molar-refractivity contribution in [1.82, 2.24) is 4.90 Å². The molecule has 3 heteroatoms. The van der Waals surface area contributed by atoms with Crippen LogP contribution < -0.4 is 5.73 Å². The van der Waals surface area contributed by atoms with Crippen LogP contribution in [0, 0.1) is 0 Å². The summed E-state index contributed by atoms with van der Waals surface area (Å²) in [6.45, 7) is 4.41. The summed E-state index contributed by atoms with van der Waals surface area (Å²) < 4.78 is 0. The first kappa shape index (κ1) is 12.7. The van der Waals surface area contributed by atoms with E-state index in [4.69, 9.17) is 17.3 Å². The van der Waals surface area contributed by atoms with Crippen molar-refractivity contribution in [3.63, 3.8) is 0 Å². The Bertz CT molecular complexity index is 378. The van der Waals surface area contributed by atoms with Crippen molar-refractivity contribution in [3.8, 4) is 0 Å². The number of nitrogens with zero attached hydrogens (tertiary/aromatic N) is 1. The van der Waals surface area contributed by atoms with Crippen molar-refractivity contribution >= 4 is 17.3 Å². The van der Waals surface area contributed by atoms with Gasteiger partial charge in [-0.15, -0.1) is 0 Å². The molecule has 0 radical (unpaired) electrons. The predicted octanol–water partition coefficient (Wildman–Crippen LogP) is 3.69. The van der Waals surface area contributed by atoms with Gasteiger partial charge in [-0.05, 0) is 50.1 Å². The number of anilines is 1. The summed E-state index contributed by atoms with van der Waals surface area (Å²) >= 11 is 6.22. The first-order valence-corrected chi connectivity index (χ1v) is 6.82. The third-order valence-corrected chi connectivity index (χ3v) is 4.00. The fourth-order valence-electron chi connectivity index (χ4n) is 2.50. The van der Waals surface area contributed by atoms with Crippen LogP contribution in [-0.4, -0.2) is 17.5 Å². The van der Waals surface area contributed by atoms with Crippen molar-refractivity contribution in [1.29, 1.82) is 0 Å². The maximum Gasteiger partial charge on any atom is 0.0452 e. The molecule has 1 aromatic carbocycles. The van der Waals surface area contributed by atoms with Crippen molar-refractivity contribution in [2.75, 3.05) is 12.3 Å². The SMILES string of the molecule is CC1CCCCCN1Cc1cc(N)ccc1Cl. The molecular weight excluding hydrogens is 232 g/mol. The van der Waals surface area contributed by atoms with Crippen molar-refractivity contribution < 1.29 is 0 Å². The highest BCUT2D eigenvalue weighted by Gasteiger charge is 2.17. The van der Waals surface area contributed by atoms with Gasteiger partial charge in [-0.3, -0.25) is 4.90 Å². The lowest BCUT2D eigenvalue weighted by Crippen LogP contribution is -2.32. The van der Waals surface area contributed by atoms with Gasteiger partial charge in [-0.1, -0.05) is 24.4 Å². The first-order chi connectivity index (χ1) is 8.16. The molecule has 17 heavy (non-hydrogen) atoms. The quantitative estimate of drug-likeness (QED) is 0.814. The van der Waals surface area contributed by atoms with Gasteiger partial charge in [0.15, 0.2) is 0 Å². The van der Waals surface area contributed by atoms with Crippen LogP contribution in [0.25, 0.3) is 0 Å². The van der Waals surface area contributed by atoms with Gasteiger partial charge >= 0.3 is 0 Å². The number of hydrogen-bond acceptors (Lipinski definition) is 2. The fourth-order valence-corrected chi connectivity index (χ4v) is 2.68. The van der Waals surface area contributed by atoms with Gasteiger partial charge in [0.05, 0.1) is 0 Å². The topological polar surface area (TPSA) is 29.3 Å². The molecule has 0 saturated carbocycles. The van der Waals surface area contributed by atoms with Crippen molar-refractivity contribution in [3.05, 3.63) is 28.8 Å². The van der Waals surface area contributed by atoms with Crippen LogP contribution in [0.1, 0.15) is 38.2 Å². The van der Waals surface area contributed by atoms with Gasteiger partial charge in [0, 0.05) is 23.3 Å². The highest BCUT2D eigenvalue weighted by Crippen LogP contribution is 2.24. The van der Waals surface area contributed by atoms with Crippen LogP contribution in [-0.2, 0) is 6.54 Å². The van der Waals surface area contributed by atoms with E-state index in [0.29, 0.717) is 6.04 Å². The van der Waals surface area contributed by atoms with E-state index < -0.39 is 0 Å². The summed E-state index contributed by atoms with van der Waals surface area (Å²) in [5.74, 6) is 0.